The zero-order valence-corrected chi connectivity index (χ0v) is 13.0. The molecule has 0 bridgehead atoms. The summed E-state index contributed by atoms with van der Waals surface area (Å²) in [6.07, 6.45) is 0. The molecule has 0 fully saturated rings. The fourth-order valence-corrected chi connectivity index (χ4v) is 3.21. The minimum Gasteiger partial charge on any atom is -0.497 e. The molecule has 0 saturated heterocycles. The first-order valence-electron chi connectivity index (χ1n) is 6.35. The minimum atomic E-state index is -0.0728. The molecule has 0 amide bonds. The van der Waals surface area contributed by atoms with Gasteiger partial charge in [-0.05, 0) is 43.2 Å². The van der Waals surface area contributed by atoms with Gasteiger partial charge in [-0.3, -0.25) is 5.84 Å². The van der Waals surface area contributed by atoms with Crippen LogP contribution in [0.1, 0.15) is 26.9 Å². The summed E-state index contributed by atoms with van der Waals surface area (Å²) in [5, 5.41) is 0. The minimum absolute atomic E-state index is 0.0728. The van der Waals surface area contributed by atoms with Crippen molar-refractivity contribution in [3.63, 3.8) is 0 Å². The molecule has 2 rings (SSSR count). The Kier molecular flexibility index (Phi) is 4.65. The average Bonchev–Trinajstić information content (AvgIpc) is 2.78. The van der Waals surface area contributed by atoms with Gasteiger partial charge in [-0.25, -0.2) is 5.43 Å². The molecule has 1 heterocycles. The third-order valence-electron chi connectivity index (χ3n) is 3.34. The largest absolute Gasteiger partial charge is 0.497 e. The van der Waals surface area contributed by atoms with Gasteiger partial charge in [0.1, 0.15) is 11.5 Å². The molecule has 0 aliphatic carbocycles. The molecular formula is C15H20N2O2S. The summed E-state index contributed by atoms with van der Waals surface area (Å²) in [4.78, 5) is 2.48. The third kappa shape index (κ3) is 2.95. The van der Waals surface area contributed by atoms with Crippen LogP contribution in [-0.4, -0.2) is 14.2 Å². The van der Waals surface area contributed by atoms with E-state index >= 15 is 0 Å². The van der Waals surface area contributed by atoms with E-state index in [1.807, 2.05) is 18.2 Å². The van der Waals surface area contributed by atoms with Gasteiger partial charge in [0.25, 0.3) is 0 Å². The number of methoxy groups -OCH3 is 2. The molecule has 3 N–H and O–H groups in total. The monoisotopic (exact) mass is 292 g/mol. The van der Waals surface area contributed by atoms with Gasteiger partial charge in [0, 0.05) is 15.8 Å². The van der Waals surface area contributed by atoms with Crippen molar-refractivity contribution in [1.82, 2.24) is 5.43 Å². The Balaban J connectivity index is 2.45. The predicted molar refractivity (Wildman–Crippen MR) is 82.5 cm³/mol. The lowest BCUT2D eigenvalue weighted by molar-refractivity contribution is 0.392. The summed E-state index contributed by atoms with van der Waals surface area (Å²) in [5.74, 6) is 7.26. The zero-order chi connectivity index (χ0) is 14.7. The number of aryl methyl sites for hydroxylation is 2. The first-order chi connectivity index (χ1) is 9.58. The quantitative estimate of drug-likeness (QED) is 0.657. The molecule has 1 atom stereocenters. The molecule has 2 aromatic rings. The second-order valence-electron chi connectivity index (χ2n) is 4.63. The number of hydrogen-bond acceptors (Lipinski definition) is 5. The van der Waals surface area contributed by atoms with E-state index in [-0.39, 0.29) is 6.04 Å². The van der Waals surface area contributed by atoms with Crippen LogP contribution in [0.2, 0.25) is 0 Å². The molecule has 1 unspecified atom stereocenters. The maximum absolute atomic E-state index is 5.75. The lowest BCUT2D eigenvalue weighted by Gasteiger charge is -2.17. The summed E-state index contributed by atoms with van der Waals surface area (Å²) < 4.78 is 10.6. The van der Waals surface area contributed by atoms with E-state index in [0.29, 0.717) is 0 Å². The van der Waals surface area contributed by atoms with Crippen molar-refractivity contribution in [3.05, 3.63) is 45.1 Å². The lowest BCUT2D eigenvalue weighted by atomic mass is 10.0. The maximum Gasteiger partial charge on any atom is 0.122 e. The van der Waals surface area contributed by atoms with Gasteiger partial charge in [0.15, 0.2) is 0 Å². The van der Waals surface area contributed by atoms with E-state index in [0.717, 1.165) is 17.1 Å². The van der Waals surface area contributed by atoms with Crippen LogP contribution >= 0.6 is 11.3 Å². The highest BCUT2D eigenvalue weighted by Crippen LogP contribution is 2.33. The van der Waals surface area contributed by atoms with E-state index in [2.05, 4.69) is 25.3 Å². The van der Waals surface area contributed by atoms with Crippen molar-refractivity contribution < 1.29 is 9.47 Å². The number of hydrogen-bond donors (Lipinski definition) is 2. The van der Waals surface area contributed by atoms with Crippen molar-refractivity contribution in [2.45, 2.75) is 19.9 Å². The number of nitrogens with one attached hydrogen (secondary N) is 1. The van der Waals surface area contributed by atoms with Crippen LogP contribution in [0.15, 0.2) is 24.3 Å². The highest BCUT2D eigenvalue weighted by atomic mass is 32.1. The van der Waals surface area contributed by atoms with Gasteiger partial charge in [0.2, 0.25) is 0 Å². The van der Waals surface area contributed by atoms with E-state index in [1.165, 1.54) is 15.3 Å². The normalized spacial score (nSPS) is 12.2. The molecule has 4 nitrogen and oxygen atoms in total. The molecule has 5 heteroatoms. The zero-order valence-electron chi connectivity index (χ0n) is 12.2. The predicted octanol–water partition coefficient (Wildman–Crippen LogP) is 2.93. The number of ether oxygens (including phenoxy) is 2. The Labute approximate surface area is 123 Å². The molecule has 1 aromatic heterocycles. The fourth-order valence-electron chi connectivity index (χ4n) is 2.08. The molecule has 0 spiro atoms. The third-order valence-corrected chi connectivity index (χ3v) is 4.56. The Bertz CT molecular complexity index is 554. The summed E-state index contributed by atoms with van der Waals surface area (Å²) >= 11 is 1.74. The smallest absolute Gasteiger partial charge is 0.122 e. The van der Waals surface area contributed by atoms with Gasteiger partial charge < -0.3 is 9.47 Å². The van der Waals surface area contributed by atoms with E-state index in [9.17, 15) is 0 Å². The second kappa shape index (κ2) is 6.26. The molecule has 20 heavy (non-hydrogen) atoms. The van der Waals surface area contributed by atoms with Crippen molar-refractivity contribution in [2.75, 3.05) is 14.2 Å². The number of benzene rings is 1. The molecular weight excluding hydrogens is 272 g/mol. The Morgan fingerprint density at radius 3 is 2.05 bits per heavy atom. The van der Waals surface area contributed by atoms with Crippen LogP contribution < -0.4 is 20.7 Å². The summed E-state index contributed by atoms with van der Waals surface area (Å²) in [5.41, 5.74) is 5.17. The van der Waals surface area contributed by atoms with Gasteiger partial charge in [-0.1, -0.05) is 0 Å². The van der Waals surface area contributed by atoms with Crippen LogP contribution in [0.4, 0.5) is 0 Å². The molecule has 0 radical (unpaired) electrons. The molecule has 0 aliphatic rings. The Morgan fingerprint density at radius 2 is 1.65 bits per heavy atom. The molecule has 1 aromatic carbocycles. The van der Waals surface area contributed by atoms with Crippen molar-refractivity contribution in [3.8, 4) is 11.5 Å². The second-order valence-corrected chi connectivity index (χ2v) is 5.92. The fraction of sp³-hybridized carbons (Fsp3) is 0.333. The highest BCUT2D eigenvalue weighted by molar-refractivity contribution is 7.12. The summed E-state index contributed by atoms with van der Waals surface area (Å²) in [6, 6.07) is 7.88. The van der Waals surface area contributed by atoms with Gasteiger partial charge in [-0.15, -0.1) is 11.3 Å². The van der Waals surface area contributed by atoms with Crippen LogP contribution in [0.3, 0.4) is 0 Å². The van der Waals surface area contributed by atoms with Crippen LogP contribution in [-0.2, 0) is 0 Å². The topological polar surface area (TPSA) is 56.5 Å². The Hall–Kier alpha value is -1.56. The lowest BCUT2D eigenvalue weighted by Crippen LogP contribution is -2.28. The number of nitrogens with two attached hydrogens (primary N) is 1. The van der Waals surface area contributed by atoms with Crippen LogP contribution in [0.25, 0.3) is 0 Å². The van der Waals surface area contributed by atoms with Gasteiger partial charge in [0.05, 0.1) is 20.3 Å². The van der Waals surface area contributed by atoms with Gasteiger partial charge >= 0.3 is 0 Å². The molecule has 0 aliphatic heterocycles. The van der Waals surface area contributed by atoms with E-state index in [4.69, 9.17) is 15.3 Å². The van der Waals surface area contributed by atoms with Crippen molar-refractivity contribution in [1.29, 1.82) is 0 Å². The number of hydrazine groups is 1. The molecule has 108 valence electrons. The van der Waals surface area contributed by atoms with Crippen molar-refractivity contribution >= 4 is 11.3 Å². The van der Waals surface area contributed by atoms with Crippen molar-refractivity contribution in [2.24, 2.45) is 5.84 Å². The SMILES string of the molecule is COc1cc(OC)cc(C(NN)c2cc(C)c(C)s2)c1. The van der Waals surface area contributed by atoms with E-state index in [1.54, 1.807) is 25.6 Å². The summed E-state index contributed by atoms with van der Waals surface area (Å²) in [7, 11) is 3.28. The highest BCUT2D eigenvalue weighted by Gasteiger charge is 2.17. The first-order valence-corrected chi connectivity index (χ1v) is 7.16. The van der Waals surface area contributed by atoms with Crippen LogP contribution in [0.5, 0.6) is 11.5 Å². The summed E-state index contributed by atoms with van der Waals surface area (Å²) in [6.45, 7) is 4.22. The Morgan fingerprint density at radius 1 is 1.05 bits per heavy atom. The number of rotatable bonds is 5. The first kappa shape index (κ1) is 14.8. The van der Waals surface area contributed by atoms with Crippen LogP contribution in [0, 0.1) is 13.8 Å². The van der Waals surface area contributed by atoms with E-state index < -0.39 is 0 Å². The average molecular weight is 292 g/mol. The molecule has 0 saturated carbocycles. The van der Waals surface area contributed by atoms with Gasteiger partial charge in [-0.2, -0.15) is 0 Å². The maximum atomic E-state index is 5.75. The standard InChI is InChI=1S/C15H20N2O2S/c1-9-5-14(20-10(9)2)15(17-16)11-6-12(18-3)8-13(7-11)19-4/h5-8,15,17H,16H2,1-4H3. The number of thiophene rings is 1.